The maximum Gasteiger partial charge on any atom is 0.284 e. The Morgan fingerprint density at radius 3 is 2.48 bits per heavy atom. The molecule has 0 saturated heterocycles. The molecule has 1 amide bonds. The number of anilines is 2. The van der Waals surface area contributed by atoms with E-state index in [9.17, 15) is 4.79 Å². The van der Waals surface area contributed by atoms with Crippen molar-refractivity contribution in [1.29, 1.82) is 0 Å². The molecular weight excluding hydrogens is 356 g/mol. The molecule has 0 saturated carbocycles. The third-order valence-electron chi connectivity index (χ3n) is 4.28. The number of thiazole rings is 1. The Kier molecular flexibility index (Phi) is 4.64. The topological polar surface area (TPSA) is 59.0 Å². The molecule has 0 aliphatic heterocycles. The van der Waals surface area contributed by atoms with Gasteiger partial charge in [-0.15, -0.1) is 0 Å². The minimum Gasteiger partial charge on any atom is -0.266 e. The van der Waals surface area contributed by atoms with Crippen molar-refractivity contribution in [2.45, 2.75) is 20.3 Å². The van der Waals surface area contributed by atoms with Crippen LogP contribution in [0.2, 0.25) is 0 Å². The van der Waals surface area contributed by atoms with E-state index in [1.807, 2.05) is 55.5 Å². The van der Waals surface area contributed by atoms with Gasteiger partial charge in [0.15, 0.2) is 5.13 Å². The van der Waals surface area contributed by atoms with E-state index >= 15 is 0 Å². The van der Waals surface area contributed by atoms with E-state index in [2.05, 4.69) is 21.9 Å². The normalized spacial score (nSPS) is 10.9. The predicted octanol–water partition coefficient (Wildman–Crippen LogP) is 4.94. The first-order valence-electron chi connectivity index (χ1n) is 8.73. The number of carbonyl (C=O) groups is 1. The van der Waals surface area contributed by atoms with E-state index in [1.54, 1.807) is 11.1 Å². The van der Waals surface area contributed by atoms with Crippen LogP contribution >= 0.6 is 11.3 Å². The predicted molar refractivity (Wildman–Crippen MR) is 109 cm³/mol. The molecule has 27 heavy (non-hydrogen) atoms. The summed E-state index contributed by atoms with van der Waals surface area (Å²) in [6, 6.07) is 15.8. The summed E-state index contributed by atoms with van der Waals surface area (Å²) in [6.45, 7) is 3.95. The van der Waals surface area contributed by atoms with Crippen molar-refractivity contribution in [3.05, 3.63) is 77.9 Å². The second-order valence-electron chi connectivity index (χ2n) is 6.17. The van der Waals surface area contributed by atoms with Crippen LogP contribution < -0.4 is 4.90 Å². The third kappa shape index (κ3) is 3.44. The number of carbonyl (C=O) groups excluding carboxylic acids is 1. The molecule has 0 aliphatic carbocycles. The number of para-hydroxylation sites is 1. The molecule has 0 atom stereocenters. The van der Waals surface area contributed by atoms with Gasteiger partial charge in [0.05, 0.1) is 27.8 Å². The first-order valence-corrected chi connectivity index (χ1v) is 9.55. The maximum absolute atomic E-state index is 13.3. The highest BCUT2D eigenvalue weighted by Crippen LogP contribution is 2.34. The minimum atomic E-state index is -0.245. The third-order valence-corrected chi connectivity index (χ3v) is 5.30. The van der Waals surface area contributed by atoms with Gasteiger partial charge in [-0.2, -0.15) is 0 Å². The van der Waals surface area contributed by atoms with Crippen LogP contribution in [0.1, 0.15) is 28.7 Å². The Labute approximate surface area is 161 Å². The standard InChI is InChI=1S/C21H18N4OS/c1-3-15-8-10-16(11-9-15)25(20(26)18-13-22-14(2)12-23-18)21-24-17-6-4-5-7-19(17)27-21/h4-13H,3H2,1-2H3. The number of hydrogen-bond acceptors (Lipinski definition) is 5. The van der Waals surface area contributed by atoms with E-state index in [1.165, 1.54) is 23.1 Å². The monoisotopic (exact) mass is 374 g/mol. The van der Waals surface area contributed by atoms with Gasteiger partial charge in [0, 0.05) is 6.20 Å². The Hall–Kier alpha value is -3.12. The van der Waals surface area contributed by atoms with E-state index in [-0.39, 0.29) is 5.91 Å². The molecule has 134 valence electrons. The van der Waals surface area contributed by atoms with Crippen LogP contribution in [0.3, 0.4) is 0 Å². The van der Waals surface area contributed by atoms with Crippen LogP contribution in [-0.2, 0) is 6.42 Å². The number of hydrogen-bond donors (Lipinski definition) is 0. The van der Waals surface area contributed by atoms with Crippen LogP contribution in [-0.4, -0.2) is 20.9 Å². The second kappa shape index (κ2) is 7.25. The highest BCUT2D eigenvalue weighted by molar-refractivity contribution is 7.22. The van der Waals surface area contributed by atoms with E-state index < -0.39 is 0 Å². The van der Waals surface area contributed by atoms with Gasteiger partial charge in [-0.25, -0.2) is 9.97 Å². The summed E-state index contributed by atoms with van der Waals surface area (Å²) in [5.74, 6) is -0.245. The van der Waals surface area contributed by atoms with Crippen molar-refractivity contribution >= 4 is 38.3 Å². The van der Waals surface area contributed by atoms with Crippen molar-refractivity contribution in [3.63, 3.8) is 0 Å². The SMILES string of the molecule is CCc1ccc(N(C(=O)c2cnc(C)cn2)c2nc3ccccc3s2)cc1. The number of rotatable bonds is 4. The second-order valence-corrected chi connectivity index (χ2v) is 7.18. The molecule has 2 heterocycles. The van der Waals surface area contributed by atoms with Crippen molar-refractivity contribution in [2.75, 3.05) is 4.90 Å². The van der Waals surface area contributed by atoms with Gasteiger partial charge in [0.25, 0.3) is 5.91 Å². The number of aromatic nitrogens is 3. The van der Waals surface area contributed by atoms with Crippen molar-refractivity contribution in [1.82, 2.24) is 15.0 Å². The quantitative estimate of drug-likeness (QED) is 0.508. The van der Waals surface area contributed by atoms with Crippen LogP contribution in [0.4, 0.5) is 10.8 Å². The fraction of sp³-hybridized carbons (Fsp3) is 0.143. The first-order chi connectivity index (χ1) is 13.2. The Morgan fingerprint density at radius 2 is 1.81 bits per heavy atom. The molecule has 2 aromatic carbocycles. The van der Waals surface area contributed by atoms with E-state index in [0.717, 1.165) is 28.0 Å². The van der Waals surface area contributed by atoms with Gasteiger partial charge in [0.1, 0.15) is 5.69 Å². The number of nitrogens with zero attached hydrogens (tertiary/aromatic N) is 4. The molecule has 5 nitrogen and oxygen atoms in total. The molecule has 0 fully saturated rings. The molecular formula is C21H18N4OS. The van der Waals surface area contributed by atoms with Crippen LogP contribution in [0, 0.1) is 6.92 Å². The van der Waals surface area contributed by atoms with Gasteiger partial charge < -0.3 is 0 Å². The minimum absolute atomic E-state index is 0.245. The van der Waals surface area contributed by atoms with Crippen molar-refractivity contribution in [2.24, 2.45) is 0 Å². The molecule has 0 aliphatic rings. The smallest absolute Gasteiger partial charge is 0.266 e. The highest BCUT2D eigenvalue weighted by Gasteiger charge is 2.24. The summed E-state index contributed by atoms with van der Waals surface area (Å²) in [7, 11) is 0. The Morgan fingerprint density at radius 1 is 1.04 bits per heavy atom. The van der Waals surface area contributed by atoms with Crippen LogP contribution in [0.5, 0.6) is 0 Å². The molecule has 4 rings (SSSR count). The fourth-order valence-electron chi connectivity index (χ4n) is 2.77. The zero-order valence-corrected chi connectivity index (χ0v) is 15.9. The molecule has 6 heteroatoms. The summed E-state index contributed by atoms with van der Waals surface area (Å²) in [6.07, 6.45) is 4.06. The highest BCUT2D eigenvalue weighted by atomic mass is 32.1. The van der Waals surface area contributed by atoms with Crippen molar-refractivity contribution in [3.8, 4) is 0 Å². The molecule has 0 bridgehead atoms. The van der Waals surface area contributed by atoms with Crippen molar-refractivity contribution < 1.29 is 4.79 Å². The lowest BCUT2D eigenvalue weighted by atomic mass is 10.1. The summed E-state index contributed by atoms with van der Waals surface area (Å²) < 4.78 is 1.03. The molecule has 4 aromatic rings. The fourth-order valence-corrected chi connectivity index (χ4v) is 3.75. The summed E-state index contributed by atoms with van der Waals surface area (Å²) in [4.78, 5) is 28.0. The Balaban J connectivity index is 1.82. The average molecular weight is 374 g/mol. The molecule has 0 spiro atoms. The van der Waals surface area contributed by atoms with Crippen LogP contribution in [0.15, 0.2) is 60.9 Å². The number of aryl methyl sites for hydroxylation is 2. The summed E-state index contributed by atoms with van der Waals surface area (Å²) >= 11 is 1.48. The Bertz CT molecular complexity index is 1050. The number of fused-ring (bicyclic) bond motifs is 1. The largest absolute Gasteiger partial charge is 0.284 e. The van der Waals surface area contributed by atoms with Gasteiger partial charge in [-0.1, -0.05) is 42.5 Å². The lowest BCUT2D eigenvalue weighted by molar-refractivity contribution is 0.0994. The maximum atomic E-state index is 13.3. The first kappa shape index (κ1) is 17.3. The lowest BCUT2D eigenvalue weighted by Gasteiger charge is -2.19. The van der Waals surface area contributed by atoms with Gasteiger partial charge in [-0.3, -0.25) is 14.7 Å². The number of amides is 1. The van der Waals surface area contributed by atoms with E-state index in [0.29, 0.717) is 10.8 Å². The summed E-state index contributed by atoms with van der Waals surface area (Å²) in [5.41, 5.74) is 3.91. The molecule has 0 radical (unpaired) electrons. The van der Waals surface area contributed by atoms with Crippen LogP contribution in [0.25, 0.3) is 10.2 Å². The summed E-state index contributed by atoms with van der Waals surface area (Å²) in [5, 5.41) is 0.618. The zero-order valence-electron chi connectivity index (χ0n) is 15.1. The van der Waals surface area contributed by atoms with E-state index in [4.69, 9.17) is 0 Å². The molecule has 0 N–H and O–H groups in total. The zero-order chi connectivity index (χ0) is 18.8. The lowest BCUT2D eigenvalue weighted by Crippen LogP contribution is -2.27. The van der Waals surface area contributed by atoms with Gasteiger partial charge in [0.2, 0.25) is 0 Å². The average Bonchev–Trinajstić information content (AvgIpc) is 3.12. The molecule has 2 aromatic heterocycles. The number of benzene rings is 2. The van der Waals surface area contributed by atoms with Gasteiger partial charge in [-0.05, 0) is 43.2 Å². The molecule has 0 unspecified atom stereocenters. The van der Waals surface area contributed by atoms with Gasteiger partial charge >= 0.3 is 0 Å².